The Kier molecular flexibility index (Phi) is 9.66. The minimum atomic E-state index is -3.79. The van der Waals surface area contributed by atoms with Gasteiger partial charge in [0.25, 0.3) is 10.2 Å². The Labute approximate surface area is 207 Å². The van der Waals surface area contributed by atoms with E-state index in [9.17, 15) is 18.0 Å². The van der Waals surface area contributed by atoms with Crippen LogP contribution in [0.25, 0.3) is 11.3 Å². The summed E-state index contributed by atoms with van der Waals surface area (Å²) in [6.45, 7) is 0.139. The van der Waals surface area contributed by atoms with Crippen molar-refractivity contribution in [1.29, 1.82) is 0 Å². The van der Waals surface area contributed by atoms with Crippen molar-refractivity contribution in [1.82, 2.24) is 20.0 Å². The average Bonchev–Trinajstić information content (AvgIpc) is 3.31. The van der Waals surface area contributed by atoms with E-state index in [1.807, 2.05) is 35.7 Å². The van der Waals surface area contributed by atoms with Crippen LogP contribution in [0.3, 0.4) is 0 Å². The number of benzene rings is 1. The van der Waals surface area contributed by atoms with E-state index >= 15 is 0 Å². The van der Waals surface area contributed by atoms with Crippen molar-refractivity contribution in [3.8, 4) is 11.3 Å². The number of hydrogen-bond donors (Lipinski definition) is 4. The van der Waals surface area contributed by atoms with Crippen LogP contribution in [0.15, 0.2) is 60.2 Å². The fourth-order valence-electron chi connectivity index (χ4n) is 3.03. The molecule has 0 aliphatic carbocycles. The van der Waals surface area contributed by atoms with Crippen LogP contribution >= 0.6 is 11.3 Å². The van der Waals surface area contributed by atoms with E-state index in [1.54, 1.807) is 24.5 Å². The Morgan fingerprint density at radius 2 is 1.83 bits per heavy atom. The zero-order valence-electron chi connectivity index (χ0n) is 18.7. The number of unbranched alkanes of at least 4 members (excludes halogenated alkanes) is 1. The van der Waals surface area contributed by atoms with Gasteiger partial charge in [0.1, 0.15) is 12.6 Å². The summed E-state index contributed by atoms with van der Waals surface area (Å²) in [5.74, 6) is -0.459. The van der Waals surface area contributed by atoms with Gasteiger partial charge in [-0.2, -0.15) is 8.42 Å². The molecule has 186 valence electrons. The zero-order chi connectivity index (χ0) is 25.1. The van der Waals surface area contributed by atoms with E-state index in [2.05, 4.69) is 25.3 Å². The second-order valence-corrected chi connectivity index (χ2v) is 9.69. The molecule has 1 atom stereocenters. The molecular formula is C22H26N6O5S2. The van der Waals surface area contributed by atoms with E-state index in [0.29, 0.717) is 18.0 Å². The Morgan fingerprint density at radius 3 is 2.54 bits per heavy atom. The fraction of sp³-hybridized carbons (Fsp3) is 0.273. The first-order chi connectivity index (χ1) is 16.8. The highest BCUT2D eigenvalue weighted by molar-refractivity contribution is 7.87. The zero-order valence-corrected chi connectivity index (χ0v) is 20.3. The van der Waals surface area contributed by atoms with Crippen molar-refractivity contribution in [3.05, 3.63) is 65.8 Å². The summed E-state index contributed by atoms with van der Waals surface area (Å²) in [5, 5.41) is 12.4. The van der Waals surface area contributed by atoms with Gasteiger partial charge >= 0.3 is 6.09 Å². The Morgan fingerprint density at radius 1 is 1.09 bits per heavy atom. The number of thiazole rings is 1. The largest absolute Gasteiger partial charge is 0.445 e. The van der Waals surface area contributed by atoms with Gasteiger partial charge < -0.3 is 15.4 Å². The molecule has 2 heterocycles. The van der Waals surface area contributed by atoms with Crippen molar-refractivity contribution in [2.24, 2.45) is 5.14 Å². The molecule has 0 bridgehead atoms. The minimum absolute atomic E-state index is 0.0217. The van der Waals surface area contributed by atoms with Crippen LogP contribution < -0.4 is 20.5 Å². The monoisotopic (exact) mass is 518 g/mol. The molecule has 3 aromatic rings. The predicted octanol–water partition coefficient (Wildman–Crippen LogP) is 2.40. The van der Waals surface area contributed by atoms with Crippen LogP contribution in [0, 0.1) is 0 Å². The summed E-state index contributed by atoms with van der Waals surface area (Å²) in [6, 6.07) is 12.0. The number of nitrogens with zero attached hydrogens (tertiary/aromatic N) is 2. The van der Waals surface area contributed by atoms with Crippen molar-refractivity contribution in [2.75, 3.05) is 11.9 Å². The lowest BCUT2D eigenvalue weighted by molar-refractivity contribution is -0.118. The second-order valence-electron chi connectivity index (χ2n) is 7.46. The quantitative estimate of drug-likeness (QED) is 0.267. The summed E-state index contributed by atoms with van der Waals surface area (Å²) in [7, 11) is -3.79. The number of nitrogens with one attached hydrogen (secondary N) is 3. The second kappa shape index (κ2) is 12.9. The standard InChI is InChI=1S/C22H26N6O5S2/c23-35(31,32)25-11-5-4-8-18(27-22(30)33-14-16-9-12-24-13-10-16)20(29)28-21-26-19(15-34-21)17-6-2-1-3-7-17/h1-3,6-7,9-10,12-13,15,18,25H,4-5,8,11,14H2,(H,27,30)(H2,23,31,32)(H,26,28,29). The van der Waals surface area contributed by atoms with Crippen molar-refractivity contribution in [2.45, 2.75) is 31.9 Å². The third-order valence-electron chi connectivity index (χ3n) is 4.75. The van der Waals surface area contributed by atoms with Crippen LogP contribution in [0.5, 0.6) is 0 Å². The smallest absolute Gasteiger partial charge is 0.408 e. The molecule has 11 nitrogen and oxygen atoms in total. The molecule has 2 amide bonds. The number of anilines is 1. The lowest BCUT2D eigenvalue weighted by Gasteiger charge is -2.17. The van der Waals surface area contributed by atoms with Crippen LogP contribution in [-0.2, 0) is 26.3 Å². The molecule has 13 heteroatoms. The van der Waals surface area contributed by atoms with Gasteiger partial charge in [0.2, 0.25) is 5.91 Å². The number of aromatic nitrogens is 2. The summed E-state index contributed by atoms with van der Waals surface area (Å²) >= 11 is 1.27. The third kappa shape index (κ3) is 9.41. The van der Waals surface area contributed by atoms with Gasteiger partial charge in [-0.1, -0.05) is 30.3 Å². The molecule has 1 unspecified atom stereocenters. The molecule has 0 radical (unpaired) electrons. The van der Waals surface area contributed by atoms with Gasteiger partial charge in [-0.3, -0.25) is 9.78 Å². The number of carbonyl (C=O) groups is 2. The first kappa shape index (κ1) is 26.2. The fourth-order valence-corrected chi connectivity index (χ4v) is 4.19. The number of rotatable bonds is 12. The van der Waals surface area contributed by atoms with Crippen LogP contribution in [0.2, 0.25) is 0 Å². The van der Waals surface area contributed by atoms with E-state index in [-0.39, 0.29) is 19.6 Å². The Balaban J connectivity index is 1.59. The highest BCUT2D eigenvalue weighted by atomic mass is 32.2. The third-order valence-corrected chi connectivity index (χ3v) is 6.12. The highest BCUT2D eigenvalue weighted by Gasteiger charge is 2.22. The van der Waals surface area contributed by atoms with Crippen molar-refractivity contribution in [3.63, 3.8) is 0 Å². The molecule has 2 aromatic heterocycles. The summed E-state index contributed by atoms with van der Waals surface area (Å²) < 4.78 is 29.4. The minimum Gasteiger partial charge on any atom is -0.445 e. The Bertz CT molecular complexity index is 1210. The molecular weight excluding hydrogens is 492 g/mol. The summed E-state index contributed by atoms with van der Waals surface area (Å²) in [5.41, 5.74) is 2.39. The number of amides is 2. The molecule has 0 saturated heterocycles. The first-order valence-corrected chi connectivity index (χ1v) is 13.1. The number of ether oxygens (including phenoxy) is 1. The maximum atomic E-state index is 12.9. The van der Waals surface area contributed by atoms with Crippen molar-refractivity contribution < 1.29 is 22.7 Å². The van der Waals surface area contributed by atoms with Gasteiger partial charge in [-0.15, -0.1) is 11.3 Å². The van der Waals surface area contributed by atoms with E-state index in [0.717, 1.165) is 16.8 Å². The van der Waals surface area contributed by atoms with Gasteiger partial charge in [-0.05, 0) is 37.0 Å². The number of alkyl carbamates (subject to hydrolysis) is 1. The molecule has 1 aromatic carbocycles. The van der Waals surface area contributed by atoms with Crippen LogP contribution in [0.4, 0.5) is 9.93 Å². The molecule has 0 spiro atoms. The molecule has 35 heavy (non-hydrogen) atoms. The maximum absolute atomic E-state index is 12.9. The van der Waals surface area contributed by atoms with Crippen LogP contribution in [0.1, 0.15) is 24.8 Å². The normalized spacial score (nSPS) is 12.0. The topological polar surface area (TPSA) is 165 Å². The first-order valence-electron chi connectivity index (χ1n) is 10.7. The highest BCUT2D eigenvalue weighted by Crippen LogP contribution is 2.24. The predicted molar refractivity (Wildman–Crippen MR) is 132 cm³/mol. The number of hydrogen-bond acceptors (Lipinski definition) is 8. The van der Waals surface area contributed by atoms with Gasteiger partial charge in [0, 0.05) is 29.9 Å². The lowest BCUT2D eigenvalue weighted by atomic mass is 10.1. The number of carbonyl (C=O) groups excluding carboxylic acids is 2. The summed E-state index contributed by atoms with van der Waals surface area (Å²) in [4.78, 5) is 33.6. The van der Waals surface area contributed by atoms with Gasteiger partial charge in [-0.25, -0.2) is 19.6 Å². The van der Waals surface area contributed by atoms with Gasteiger partial charge in [0.05, 0.1) is 5.69 Å². The molecule has 5 N–H and O–H groups in total. The lowest BCUT2D eigenvalue weighted by Crippen LogP contribution is -2.44. The maximum Gasteiger partial charge on any atom is 0.408 e. The van der Waals surface area contributed by atoms with E-state index in [4.69, 9.17) is 9.88 Å². The molecule has 0 aliphatic rings. The Hall–Kier alpha value is -3.39. The molecule has 0 fully saturated rings. The number of nitrogens with two attached hydrogens (primary N) is 1. The SMILES string of the molecule is NS(=O)(=O)NCCCCC(NC(=O)OCc1ccncc1)C(=O)Nc1nc(-c2ccccc2)cs1. The van der Waals surface area contributed by atoms with Crippen molar-refractivity contribution >= 4 is 38.7 Å². The summed E-state index contributed by atoms with van der Waals surface area (Å²) in [6.07, 6.45) is 3.52. The van der Waals surface area contributed by atoms with Crippen LogP contribution in [-0.4, -0.2) is 43.0 Å². The van der Waals surface area contributed by atoms with E-state index < -0.39 is 28.3 Å². The number of pyridine rings is 1. The van der Waals surface area contributed by atoms with E-state index in [1.165, 1.54) is 11.3 Å². The average molecular weight is 519 g/mol. The molecule has 0 saturated carbocycles. The van der Waals surface area contributed by atoms with Gasteiger partial charge in [0.15, 0.2) is 5.13 Å². The molecule has 3 rings (SSSR count). The molecule has 0 aliphatic heterocycles.